The Kier molecular flexibility index (Phi) is 5.68. The zero-order chi connectivity index (χ0) is 11.9. The van der Waals surface area contributed by atoms with Gasteiger partial charge < -0.3 is 14.2 Å². The minimum absolute atomic E-state index is 0.0691. The van der Waals surface area contributed by atoms with Gasteiger partial charge in [0.1, 0.15) is 18.8 Å². The molecule has 94 valence electrons. The van der Waals surface area contributed by atoms with Crippen LogP contribution in [0.25, 0.3) is 0 Å². The molecule has 6 heteroatoms. The summed E-state index contributed by atoms with van der Waals surface area (Å²) in [6, 6.07) is 0. The number of hydrogen-bond donors (Lipinski definition) is 0. The Bertz CT molecular complexity index is 211. The average Bonchev–Trinajstić information content (AvgIpc) is 2.31. The molecule has 6 nitrogen and oxygen atoms in total. The van der Waals surface area contributed by atoms with Crippen molar-refractivity contribution in [3.8, 4) is 0 Å². The van der Waals surface area contributed by atoms with Crippen LogP contribution in [0, 0.1) is 5.41 Å². The predicted octanol–water partition coefficient (Wildman–Crippen LogP) is 0.508. The van der Waals surface area contributed by atoms with Gasteiger partial charge in [-0.1, -0.05) is 0 Å². The van der Waals surface area contributed by atoms with Crippen molar-refractivity contribution in [2.45, 2.75) is 13.8 Å². The number of esters is 1. The van der Waals surface area contributed by atoms with Gasteiger partial charge in [-0.3, -0.25) is 4.79 Å². The molecule has 0 saturated carbocycles. The Morgan fingerprint density at radius 1 is 1.19 bits per heavy atom. The van der Waals surface area contributed by atoms with E-state index in [1.807, 2.05) is 0 Å². The largest absolute Gasteiger partial charge is 0.465 e. The summed E-state index contributed by atoms with van der Waals surface area (Å²) in [4.78, 5) is 21.5. The molecule has 1 aliphatic heterocycles. The van der Waals surface area contributed by atoms with Crippen molar-refractivity contribution in [3.63, 3.8) is 0 Å². The minimum Gasteiger partial charge on any atom is -0.465 e. The molecule has 0 spiro atoms. The van der Waals surface area contributed by atoms with Crippen molar-refractivity contribution in [1.29, 1.82) is 0 Å². The lowest BCUT2D eigenvalue weighted by Gasteiger charge is -2.33. The SMILES string of the molecule is CCOOCC1(C(=O)OCC)COCOC1. The second-order valence-electron chi connectivity index (χ2n) is 3.48. The van der Waals surface area contributed by atoms with Crippen LogP contribution in [-0.2, 0) is 28.8 Å². The van der Waals surface area contributed by atoms with Crippen LogP contribution in [0.4, 0.5) is 0 Å². The van der Waals surface area contributed by atoms with E-state index in [0.29, 0.717) is 13.2 Å². The summed E-state index contributed by atoms with van der Waals surface area (Å²) < 4.78 is 15.2. The fourth-order valence-electron chi connectivity index (χ4n) is 1.36. The third-order valence-corrected chi connectivity index (χ3v) is 2.17. The van der Waals surface area contributed by atoms with E-state index in [1.54, 1.807) is 13.8 Å². The van der Waals surface area contributed by atoms with Gasteiger partial charge in [0.05, 0.1) is 26.4 Å². The molecule has 0 amide bonds. The molecular weight excluding hydrogens is 216 g/mol. The first-order chi connectivity index (χ1) is 7.75. The highest BCUT2D eigenvalue weighted by Gasteiger charge is 2.44. The second-order valence-corrected chi connectivity index (χ2v) is 3.48. The van der Waals surface area contributed by atoms with Crippen LogP contribution in [0.2, 0.25) is 0 Å². The molecule has 0 N–H and O–H groups in total. The van der Waals surface area contributed by atoms with Crippen molar-refractivity contribution < 1.29 is 28.8 Å². The van der Waals surface area contributed by atoms with Crippen molar-refractivity contribution in [2.75, 3.05) is 39.8 Å². The summed E-state index contributed by atoms with van der Waals surface area (Å²) >= 11 is 0. The van der Waals surface area contributed by atoms with Gasteiger partial charge in [-0.2, -0.15) is 0 Å². The molecule has 0 aromatic rings. The Morgan fingerprint density at radius 2 is 1.88 bits per heavy atom. The van der Waals surface area contributed by atoms with Gasteiger partial charge in [0, 0.05) is 0 Å². The molecule has 16 heavy (non-hydrogen) atoms. The van der Waals surface area contributed by atoms with Crippen LogP contribution in [0.5, 0.6) is 0 Å². The van der Waals surface area contributed by atoms with Crippen LogP contribution in [0.15, 0.2) is 0 Å². The van der Waals surface area contributed by atoms with Gasteiger partial charge in [-0.25, -0.2) is 9.78 Å². The molecule has 1 heterocycles. The molecule has 0 aromatic heterocycles. The van der Waals surface area contributed by atoms with Gasteiger partial charge in [0.2, 0.25) is 0 Å². The molecule has 1 rings (SSSR count). The van der Waals surface area contributed by atoms with E-state index in [9.17, 15) is 4.79 Å². The molecular formula is C10H18O6. The summed E-state index contributed by atoms with van der Waals surface area (Å²) in [5.74, 6) is -0.380. The van der Waals surface area contributed by atoms with Crippen LogP contribution in [-0.4, -0.2) is 45.8 Å². The van der Waals surface area contributed by atoms with Crippen LogP contribution in [0.3, 0.4) is 0 Å². The van der Waals surface area contributed by atoms with E-state index in [2.05, 4.69) is 0 Å². The Labute approximate surface area is 94.7 Å². The number of carbonyl (C=O) groups is 1. The molecule has 0 unspecified atom stereocenters. The molecule has 1 fully saturated rings. The maximum atomic E-state index is 11.8. The number of hydrogen-bond acceptors (Lipinski definition) is 6. The first-order valence-electron chi connectivity index (χ1n) is 5.32. The topological polar surface area (TPSA) is 63.2 Å². The maximum absolute atomic E-state index is 11.8. The molecule has 0 aromatic carbocycles. The predicted molar refractivity (Wildman–Crippen MR) is 53.4 cm³/mol. The molecule has 0 aliphatic carbocycles. The number of ether oxygens (including phenoxy) is 3. The second kappa shape index (κ2) is 6.80. The number of rotatable bonds is 6. The lowest BCUT2D eigenvalue weighted by atomic mass is 9.91. The zero-order valence-electron chi connectivity index (χ0n) is 9.69. The van der Waals surface area contributed by atoms with Crippen LogP contribution < -0.4 is 0 Å². The summed E-state index contributed by atoms with van der Waals surface area (Å²) in [6.07, 6.45) is 0. The van der Waals surface area contributed by atoms with Gasteiger partial charge in [-0.05, 0) is 13.8 Å². The van der Waals surface area contributed by atoms with Gasteiger partial charge in [0.15, 0.2) is 0 Å². The average molecular weight is 234 g/mol. The first kappa shape index (κ1) is 13.4. The number of carbonyl (C=O) groups excluding carboxylic acids is 1. The lowest BCUT2D eigenvalue weighted by Crippen LogP contribution is -2.48. The van der Waals surface area contributed by atoms with Crippen molar-refractivity contribution >= 4 is 5.97 Å². The van der Waals surface area contributed by atoms with E-state index < -0.39 is 5.41 Å². The quantitative estimate of drug-likeness (QED) is 0.289. The smallest absolute Gasteiger partial charge is 0.319 e. The molecule has 0 atom stereocenters. The molecule has 1 saturated heterocycles. The van der Waals surface area contributed by atoms with Crippen LogP contribution in [0.1, 0.15) is 13.8 Å². The fourth-order valence-corrected chi connectivity index (χ4v) is 1.36. The van der Waals surface area contributed by atoms with E-state index in [4.69, 9.17) is 24.0 Å². The third kappa shape index (κ3) is 3.41. The van der Waals surface area contributed by atoms with Gasteiger partial charge >= 0.3 is 5.97 Å². The zero-order valence-corrected chi connectivity index (χ0v) is 9.69. The van der Waals surface area contributed by atoms with E-state index >= 15 is 0 Å². The molecule has 0 radical (unpaired) electrons. The van der Waals surface area contributed by atoms with Crippen LogP contribution >= 0.6 is 0 Å². The Hall–Kier alpha value is -0.690. The van der Waals surface area contributed by atoms with Gasteiger partial charge in [0.25, 0.3) is 0 Å². The minimum atomic E-state index is -0.913. The monoisotopic (exact) mass is 234 g/mol. The summed E-state index contributed by atoms with van der Waals surface area (Å²) in [7, 11) is 0. The van der Waals surface area contributed by atoms with Crippen molar-refractivity contribution in [3.05, 3.63) is 0 Å². The summed E-state index contributed by atoms with van der Waals surface area (Å²) in [5.41, 5.74) is -0.913. The third-order valence-electron chi connectivity index (χ3n) is 2.17. The molecule has 1 aliphatic rings. The highest BCUT2D eigenvalue weighted by atomic mass is 17.2. The highest BCUT2D eigenvalue weighted by molar-refractivity contribution is 5.77. The van der Waals surface area contributed by atoms with E-state index in [0.717, 1.165) is 0 Å². The summed E-state index contributed by atoms with van der Waals surface area (Å²) in [6.45, 7) is 4.98. The lowest BCUT2D eigenvalue weighted by molar-refractivity contribution is -0.319. The first-order valence-corrected chi connectivity index (χ1v) is 5.32. The van der Waals surface area contributed by atoms with Crippen molar-refractivity contribution in [1.82, 2.24) is 0 Å². The standard InChI is InChI=1S/C10H18O6/c1-3-14-9(11)10(7-16-15-4-2)5-12-8-13-6-10/h3-8H2,1-2H3. The van der Waals surface area contributed by atoms with E-state index in [-0.39, 0.29) is 32.6 Å². The van der Waals surface area contributed by atoms with Gasteiger partial charge in [-0.15, -0.1) is 0 Å². The van der Waals surface area contributed by atoms with Crippen molar-refractivity contribution in [2.24, 2.45) is 5.41 Å². The Balaban J connectivity index is 2.55. The van der Waals surface area contributed by atoms with E-state index in [1.165, 1.54) is 0 Å². The molecule has 0 bridgehead atoms. The Morgan fingerprint density at radius 3 is 2.44 bits per heavy atom. The normalized spacial score (nSPS) is 19.4. The highest BCUT2D eigenvalue weighted by Crippen LogP contribution is 2.25. The maximum Gasteiger partial charge on any atom is 0.319 e. The fraction of sp³-hybridized carbons (Fsp3) is 0.900. The summed E-state index contributed by atoms with van der Waals surface area (Å²) in [5, 5.41) is 0.